The number of carbonyl (C=O) groups is 4. The second kappa shape index (κ2) is 5.82. The summed E-state index contributed by atoms with van der Waals surface area (Å²) in [6, 6.07) is 0. The highest BCUT2D eigenvalue weighted by Gasteiger charge is 2.55. The van der Waals surface area contributed by atoms with Gasteiger partial charge in [-0.1, -0.05) is 0 Å². The molecule has 0 aliphatic carbocycles. The fraction of sp³-hybridized carbons (Fsp3) is 0.733. The molecule has 0 aromatic rings. The van der Waals surface area contributed by atoms with Crippen LogP contribution in [0.3, 0.4) is 0 Å². The molecule has 0 bridgehead atoms. The zero-order valence-electron chi connectivity index (χ0n) is 13.8. The Kier molecular flexibility index (Phi) is 4.37. The normalized spacial score (nSPS) is 27.8. The zero-order chi connectivity index (χ0) is 17.4. The maximum absolute atomic E-state index is 12.7. The first-order valence-electron chi connectivity index (χ1n) is 7.47. The minimum absolute atomic E-state index is 0.109. The molecule has 0 saturated carbocycles. The Bertz CT molecular complexity index is 545. The fourth-order valence-corrected chi connectivity index (χ4v) is 2.90. The Morgan fingerprint density at radius 1 is 1.30 bits per heavy atom. The zero-order valence-corrected chi connectivity index (χ0v) is 13.8. The van der Waals surface area contributed by atoms with Gasteiger partial charge in [0.2, 0.25) is 5.91 Å². The van der Waals surface area contributed by atoms with Crippen LogP contribution in [0.25, 0.3) is 0 Å². The number of likely N-dealkylation sites (tertiary alicyclic amines) is 1. The lowest BCUT2D eigenvalue weighted by Gasteiger charge is -2.35. The molecule has 2 fully saturated rings. The molecule has 2 aliphatic heterocycles. The predicted molar refractivity (Wildman–Crippen MR) is 78.4 cm³/mol. The van der Waals surface area contributed by atoms with Crippen LogP contribution in [0.15, 0.2) is 0 Å². The molecule has 2 heterocycles. The first kappa shape index (κ1) is 17.2. The molecule has 0 aromatic carbocycles. The monoisotopic (exact) mass is 326 g/mol. The summed E-state index contributed by atoms with van der Waals surface area (Å²) < 4.78 is 9.85. The van der Waals surface area contributed by atoms with E-state index in [1.165, 1.54) is 4.90 Å². The van der Waals surface area contributed by atoms with Crippen molar-refractivity contribution >= 4 is 23.8 Å². The first-order chi connectivity index (χ1) is 10.6. The van der Waals surface area contributed by atoms with Crippen LogP contribution >= 0.6 is 0 Å². The standard InChI is InChI=1S/C15H22N2O6/c1-14(2,3)23-13(21)17-6-5-15(8-17)7-16-11(19)9(10(15)18)12(20)22-4/h9H,5-8H2,1-4H3,(H,16,19). The van der Waals surface area contributed by atoms with Gasteiger partial charge in [0.1, 0.15) is 5.60 Å². The third-order valence-corrected chi connectivity index (χ3v) is 4.09. The van der Waals surface area contributed by atoms with Crippen LogP contribution in [0, 0.1) is 11.3 Å². The highest BCUT2D eigenvalue weighted by molar-refractivity contribution is 6.20. The number of hydrogen-bond acceptors (Lipinski definition) is 6. The maximum atomic E-state index is 12.7. The number of amides is 2. The average molecular weight is 326 g/mol. The number of rotatable bonds is 1. The number of Topliss-reactive ketones (excluding diaryl/α,β-unsaturated/α-hetero) is 1. The Morgan fingerprint density at radius 2 is 1.96 bits per heavy atom. The van der Waals surface area contributed by atoms with E-state index in [1.807, 2.05) is 0 Å². The third kappa shape index (κ3) is 3.30. The maximum Gasteiger partial charge on any atom is 0.410 e. The van der Waals surface area contributed by atoms with E-state index in [0.717, 1.165) is 7.11 Å². The minimum atomic E-state index is -1.47. The first-order valence-corrected chi connectivity index (χ1v) is 7.47. The van der Waals surface area contributed by atoms with Crippen molar-refractivity contribution in [1.82, 2.24) is 10.2 Å². The van der Waals surface area contributed by atoms with Crippen LogP contribution in [0.5, 0.6) is 0 Å². The van der Waals surface area contributed by atoms with Gasteiger partial charge in [0.15, 0.2) is 11.7 Å². The van der Waals surface area contributed by atoms with Gasteiger partial charge in [0, 0.05) is 19.6 Å². The van der Waals surface area contributed by atoms with E-state index >= 15 is 0 Å². The van der Waals surface area contributed by atoms with Crippen molar-refractivity contribution in [2.75, 3.05) is 26.7 Å². The molecular weight excluding hydrogens is 304 g/mol. The van der Waals surface area contributed by atoms with Gasteiger partial charge in [-0.05, 0) is 27.2 Å². The van der Waals surface area contributed by atoms with Gasteiger partial charge in [-0.2, -0.15) is 0 Å². The van der Waals surface area contributed by atoms with Crippen LogP contribution in [0.2, 0.25) is 0 Å². The van der Waals surface area contributed by atoms with Crippen LogP contribution < -0.4 is 5.32 Å². The van der Waals surface area contributed by atoms with E-state index in [-0.39, 0.29) is 13.1 Å². The van der Waals surface area contributed by atoms with Gasteiger partial charge in [0.05, 0.1) is 12.5 Å². The lowest BCUT2D eigenvalue weighted by atomic mass is 9.74. The molecule has 0 radical (unpaired) electrons. The molecule has 128 valence electrons. The summed E-state index contributed by atoms with van der Waals surface area (Å²) in [5, 5.41) is 2.58. The molecule has 1 spiro atoms. The van der Waals surface area contributed by atoms with E-state index in [4.69, 9.17) is 4.74 Å². The van der Waals surface area contributed by atoms with Crippen LogP contribution in [-0.4, -0.2) is 61.0 Å². The molecular formula is C15H22N2O6. The Balaban J connectivity index is 2.14. The predicted octanol–water partition coefficient (Wildman–Crippen LogP) is 0.102. The van der Waals surface area contributed by atoms with E-state index in [2.05, 4.69) is 10.1 Å². The van der Waals surface area contributed by atoms with E-state index in [0.29, 0.717) is 13.0 Å². The van der Waals surface area contributed by atoms with Gasteiger partial charge in [-0.3, -0.25) is 14.4 Å². The van der Waals surface area contributed by atoms with Crippen LogP contribution in [0.4, 0.5) is 4.79 Å². The quantitative estimate of drug-likeness (QED) is 0.542. The Morgan fingerprint density at radius 3 is 2.52 bits per heavy atom. The summed E-state index contributed by atoms with van der Waals surface area (Å²) in [4.78, 5) is 49.8. The van der Waals surface area contributed by atoms with Gasteiger partial charge < -0.3 is 19.7 Å². The van der Waals surface area contributed by atoms with Crippen molar-refractivity contribution in [2.45, 2.75) is 32.8 Å². The molecule has 2 atom stereocenters. The molecule has 23 heavy (non-hydrogen) atoms. The molecule has 8 heteroatoms. The van der Waals surface area contributed by atoms with Crippen molar-refractivity contribution < 1.29 is 28.7 Å². The molecule has 2 aliphatic rings. The highest BCUT2D eigenvalue weighted by atomic mass is 16.6. The highest BCUT2D eigenvalue weighted by Crippen LogP contribution is 2.37. The van der Waals surface area contributed by atoms with Crippen molar-refractivity contribution in [1.29, 1.82) is 0 Å². The van der Waals surface area contributed by atoms with E-state index < -0.39 is 40.7 Å². The van der Waals surface area contributed by atoms with Gasteiger partial charge >= 0.3 is 12.1 Å². The summed E-state index contributed by atoms with van der Waals surface area (Å²) in [7, 11) is 1.13. The van der Waals surface area contributed by atoms with Crippen LogP contribution in [-0.2, 0) is 23.9 Å². The number of ether oxygens (including phenoxy) is 2. The van der Waals surface area contributed by atoms with Crippen molar-refractivity contribution in [2.24, 2.45) is 11.3 Å². The Hall–Kier alpha value is -2.12. The molecule has 2 rings (SSSR count). The van der Waals surface area contributed by atoms with Gasteiger partial charge in [-0.15, -0.1) is 0 Å². The summed E-state index contributed by atoms with van der Waals surface area (Å²) in [6.45, 7) is 5.85. The van der Waals surface area contributed by atoms with Crippen molar-refractivity contribution in [3.05, 3.63) is 0 Å². The largest absolute Gasteiger partial charge is 0.468 e. The SMILES string of the molecule is COC(=O)C1C(=O)NCC2(CCN(C(=O)OC(C)(C)C)C2)C1=O. The number of ketones is 1. The minimum Gasteiger partial charge on any atom is -0.468 e. The molecule has 0 aromatic heterocycles. The molecule has 8 nitrogen and oxygen atoms in total. The molecule has 1 N–H and O–H groups in total. The summed E-state index contributed by atoms with van der Waals surface area (Å²) in [6.07, 6.45) is -0.132. The van der Waals surface area contributed by atoms with E-state index in [9.17, 15) is 19.2 Å². The number of nitrogens with zero attached hydrogens (tertiary/aromatic N) is 1. The number of carbonyl (C=O) groups excluding carboxylic acids is 4. The topological polar surface area (TPSA) is 102 Å². The second-order valence-electron chi connectivity index (χ2n) is 6.97. The summed E-state index contributed by atoms with van der Waals surface area (Å²) in [5.74, 6) is -3.48. The lowest BCUT2D eigenvalue weighted by Crippen LogP contribution is -2.59. The van der Waals surface area contributed by atoms with E-state index in [1.54, 1.807) is 20.8 Å². The lowest BCUT2D eigenvalue weighted by molar-refractivity contribution is -0.159. The average Bonchev–Trinajstić information content (AvgIpc) is 2.87. The number of nitrogens with one attached hydrogen (secondary N) is 1. The fourth-order valence-electron chi connectivity index (χ4n) is 2.90. The second-order valence-corrected chi connectivity index (χ2v) is 6.97. The summed E-state index contributed by atoms with van der Waals surface area (Å²) >= 11 is 0. The number of hydrogen-bond donors (Lipinski definition) is 1. The van der Waals surface area contributed by atoms with Crippen molar-refractivity contribution in [3.8, 4) is 0 Å². The van der Waals surface area contributed by atoms with Gasteiger partial charge in [0.25, 0.3) is 0 Å². The van der Waals surface area contributed by atoms with Crippen LogP contribution in [0.1, 0.15) is 27.2 Å². The molecule has 2 unspecified atom stereocenters. The number of esters is 1. The smallest absolute Gasteiger partial charge is 0.410 e. The molecule has 2 saturated heterocycles. The van der Waals surface area contributed by atoms with Gasteiger partial charge in [-0.25, -0.2) is 4.79 Å². The number of piperidine rings is 1. The molecule has 2 amide bonds. The summed E-state index contributed by atoms with van der Waals surface area (Å²) in [5.41, 5.74) is -1.59. The Labute approximate surface area is 134 Å². The third-order valence-electron chi connectivity index (χ3n) is 4.09. The number of methoxy groups -OCH3 is 1. The van der Waals surface area contributed by atoms with Crippen molar-refractivity contribution in [3.63, 3.8) is 0 Å².